The molecule has 2 aromatic rings. The zero-order valence-electron chi connectivity index (χ0n) is 11.0. The number of halogens is 3. The lowest BCUT2D eigenvalue weighted by Crippen LogP contribution is -2.12. The average molecular weight is 346 g/mol. The number of Topliss-reactive ketones (excluding diaryl/α,β-unsaturated/α-hetero) is 1. The molecule has 3 nitrogen and oxygen atoms in total. The molecule has 0 unspecified atom stereocenters. The first-order valence-electron chi connectivity index (χ1n) is 5.96. The van der Waals surface area contributed by atoms with Gasteiger partial charge in [0.2, 0.25) is 5.78 Å². The van der Waals surface area contributed by atoms with Crippen molar-refractivity contribution in [3.05, 3.63) is 57.0 Å². The van der Waals surface area contributed by atoms with Crippen LogP contribution in [0.1, 0.15) is 10.4 Å². The maximum Gasteiger partial charge on any atom is 0.203 e. The van der Waals surface area contributed by atoms with Gasteiger partial charge in [0.05, 0.1) is 27.7 Å². The van der Waals surface area contributed by atoms with Crippen LogP contribution >= 0.6 is 34.8 Å². The molecule has 6 heteroatoms. The Morgan fingerprint density at radius 1 is 1.00 bits per heavy atom. The molecule has 0 amide bonds. The fourth-order valence-electron chi connectivity index (χ4n) is 1.71. The van der Waals surface area contributed by atoms with Crippen LogP contribution in [0.25, 0.3) is 0 Å². The van der Waals surface area contributed by atoms with Crippen molar-refractivity contribution >= 4 is 40.6 Å². The smallest absolute Gasteiger partial charge is 0.203 e. The third kappa shape index (κ3) is 3.82. The molecule has 0 aliphatic rings. The minimum atomic E-state index is -0.227. The fraction of sp³-hybridized carbons (Fsp3) is 0.133. The number of hydrogen-bond acceptors (Lipinski definition) is 3. The first-order valence-corrected chi connectivity index (χ1v) is 7.10. The minimum absolute atomic E-state index is 0.182. The second-order valence-corrected chi connectivity index (χ2v) is 5.33. The highest BCUT2D eigenvalue weighted by molar-refractivity contribution is 6.43. The Kier molecular flexibility index (Phi) is 5.34. The number of para-hydroxylation sites is 1. The molecular weight excluding hydrogens is 335 g/mol. The minimum Gasteiger partial charge on any atom is -0.496 e. The molecule has 0 fully saturated rings. The van der Waals surface area contributed by atoms with E-state index in [4.69, 9.17) is 44.3 Å². The van der Waals surface area contributed by atoms with Crippen molar-refractivity contribution in [1.29, 1.82) is 0 Å². The highest BCUT2D eigenvalue weighted by Gasteiger charge is 2.14. The molecule has 0 spiro atoms. The van der Waals surface area contributed by atoms with Crippen LogP contribution in [0.5, 0.6) is 11.5 Å². The number of rotatable bonds is 5. The van der Waals surface area contributed by atoms with E-state index in [1.54, 1.807) is 24.3 Å². The van der Waals surface area contributed by atoms with Gasteiger partial charge in [-0.25, -0.2) is 0 Å². The van der Waals surface area contributed by atoms with Crippen LogP contribution in [0, 0.1) is 0 Å². The van der Waals surface area contributed by atoms with Gasteiger partial charge < -0.3 is 9.47 Å². The highest BCUT2D eigenvalue weighted by atomic mass is 35.5. The predicted octanol–water partition coefficient (Wildman–Crippen LogP) is 4.92. The van der Waals surface area contributed by atoms with Gasteiger partial charge in [0.15, 0.2) is 6.61 Å². The molecular formula is C15H11Cl3O3. The molecule has 0 aliphatic heterocycles. The Hall–Kier alpha value is -1.42. The van der Waals surface area contributed by atoms with Gasteiger partial charge in [-0.1, -0.05) is 46.9 Å². The molecule has 0 saturated heterocycles. The Morgan fingerprint density at radius 3 is 2.38 bits per heavy atom. The van der Waals surface area contributed by atoms with Gasteiger partial charge in [-0.05, 0) is 18.2 Å². The summed E-state index contributed by atoms with van der Waals surface area (Å²) in [6, 6.07) is 9.85. The third-order valence-electron chi connectivity index (χ3n) is 2.74. The quantitative estimate of drug-likeness (QED) is 0.570. The van der Waals surface area contributed by atoms with E-state index in [0.29, 0.717) is 27.1 Å². The van der Waals surface area contributed by atoms with E-state index in [1.165, 1.54) is 19.2 Å². The summed E-state index contributed by atoms with van der Waals surface area (Å²) in [7, 11) is 1.50. The van der Waals surface area contributed by atoms with Crippen molar-refractivity contribution in [3.8, 4) is 11.5 Å². The Bertz CT molecular complexity index is 671. The first kappa shape index (κ1) is 16.0. The number of carbonyl (C=O) groups excluding carboxylic acids is 1. The van der Waals surface area contributed by atoms with Gasteiger partial charge in [0.1, 0.15) is 11.5 Å². The first-order chi connectivity index (χ1) is 10.0. The van der Waals surface area contributed by atoms with Crippen LogP contribution in [0.2, 0.25) is 15.1 Å². The van der Waals surface area contributed by atoms with Gasteiger partial charge in [0, 0.05) is 6.07 Å². The van der Waals surface area contributed by atoms with E-state index in [0.717, 1.165) is 0 Å². The van der Waals surface area contributed by atoms with Crippen LogP contribution in [-0.2, 0) is 0 Å². The van der Waals surface area contributed by atoms with Crippen molar-refractivity contribution in [3.63, 3.8) is 0 Å². The summed E-state index contributed by atoms with van der Waals surface area (Å²) in [4.78, 5) is 12.2. The predicted molar refractivity (Wildman–Crippen MR) is 84.3 cm³/mol. The van der Waals surface area contributed by atoms with Crippen molar-refractivity contribution in [1.82, 2.24) is 0 Å². The van der Waals surface area contributed by atoms with E-state index in [2.05, 4.69) is 0 Å². The van der Waals surface area contributed by atoms with Crippen LogP contribution in [0.4, 0.5) is 0 Å². The van der Waals surface area contributed by atoms with E-state index in [-0.39, 0.29) is 17.4 Å². The van der Waals surface area contributed by atoms with Gasteiger partial charge >= 0.3 is 0 Å². The number of methoxy groups -OCH3 is 1. The maximum absolute atomic E-state index is 12.2. The number of ether oxygens (including phenoxy) is 2. The van der Waals surface area contributed by atoms with Gasteiger partial charge in [-0.15, -0.1) is 0 Å². The van der Waals surface area contributed by atoms with Crippen molar-refractivity contribution < 1.29 is 14.3 Å². The summed E-state index contributed by atoms with van der Waals surface area (Å²) in [6.45, 7) is -0.182. The zero-order chi connectivity index (χ0) is 15.4. The van der Waals surface area contributed by atoms with Crippen LogP contribution in [0.15, 0.2) is 36.4 Å². The van der Waals surface area contributed by atoms with Crippen molar-refractivity contribution in [2.45, 2.75) is 0 Å². The number of hydrogen-bond donors (Lipinski definition) is 0. The Labute approximate surface area is 137 Å². The lowest BCUT2D eigenvalue weighted by Gasteiger charge is -2.10. The molecule has 0 aliphatic carbocycles. The Balaban J connectivity index is 2.13. The molecule has 0 radical (unpaired) electrons. The van der Waals surface area contributed by atoms with Gasteiger partial charge in [-0.2, -0.15) is 0 Å². The Morgan fingerprint density at radius 2 is 1.67 bits per heavy atom. The van der Waals surface area contributed by atoms with E-state index in [1.807, 2.05) is 0 Å². The molecule has 2 rings (SSSR count). The number of carbonyl (C=O) groups is 1. The summed E-state index contributed by atoms with van der Waals surface area (Å²) >= 11 is 17.7. The molecule has 110 valence electrons. The van der Waals surface area contributed by atoms with Crippen LogP contribution in [0.3, 0.4) is 0 Å². The van der Waals surface area contributed by atoms with Crippen molar-refractivity contribution in [2.75, 3.05) is 13.7 Å². The van der Waals surface area contributed by atoms with Crippen molar-refractivity contribution in [2.24, 2.45) is 0 Å². The SMILES string of the molecule is COc1ccccc1C(=O)COc1cc(Cl)c(Cl)cc1Cl. The molecule has 0 aromatic heterocycles. The summed E-state index contributed by atoms with van der Waals surface area (Å²) in [6.07, 6.45) is 0. The zero-order valence-corrected chi connectivity index (χ0v) is 13.3. The second-order valence-electron chi connectivity index (χ2n) is 4.11. The lowest BCUT2D eigenvalue weighted by molar-refractivity contribution is 0.0918. The standard InChI is InChI=1S/C15H11Cl3O3/c1-20-14-5-3-2-4-9(14)13(19)8-21-15-7-11(17)10(16)6-12(15)18/h2-7H,8H2,1H3. The second kappa shape index (κ2) is 7.03. The molecule has 21 heavy (non-hydrogen) atoms. The molecule has 0 atom stereocenters. The molecule has 0 bridgehead atoms. The highest BCUT2D eigenvalue weighted by Crippen LogP contribution is 2.34. The summed E-state index contributed by atoms with van der Waals surface area (Å²) in [5.41, 5.74) is 0.441. The lowest BCUT2D eigenvalue weighted by atomic mass is 10.1. The van der Waals surface area contributed by atoms with Crippen LogP contribution < -0.4 is 9.47 Å². The molecule has 0 saturated carbocycles. The molecule has 0 N–H and O–H groups in total. The fourth-order valence-corrected chi connectivity index (χ4v) is 2.30. The summed E-state index contributed by atoms with van der Waals surface area (Å²) < 4.78 is 10.5. The average Bonchev–Trinajstić information content (AvgIpc) is 2.49. The monoisotopic (exact) mass is 344 g/mol. The largest absolute Gasteiger partial charge is 0.496 e. The summed E-state index contributed by atoms with van der Waals surface area (Å²) in [5.74, 6) is 0.565. The molecule has 0 heterocycles. The van der Waals surface area contributed by atoms with E-state index >= 15 is 0 Å². The third-order valence-corrected chi connectivity index (χ3v) is 3.76. The maximum atomic E-state index is 12.2. The number of benzene rings is 2. The van der Waals surface area contributed by atoms with Gasteiger partial charge in [-0.3, -0.25) is 4.79 Å². The van der Waals surface area contributed by atoms with E-state index in [9.17, 15) is 4.79 Å². The molecule has 2 aromatic carbocycles. The van der Waals surface area contributed by atoms with E-state index < -0.39 is 0 Å². The number of ketones is 1. The van der Waals surface area contributed by atoms with Crippen LogP contribution in [-0.4, -0.2) is 19.5 Å². The van der Waals surface area contributed by atoms with Gasteiger partial charge in [0.25, 0.3) is 0 Å². The topological polar surface area (TPSA) is 35.5 Å². The summed E-state index contributed by atoms with van der Waals surface area (Å²) in [5, 5.41) is 0.920. The normalized spacial score (nSPS) is 10.3.